The van der Waals surface area contributed by atoms with Gasteiger partial charge in [0, 0.05) is 6.42 Å². The average molecular weight is 293 g/mol. The van der Waals surface area contributed by atoms with Crippen LogP contribution in [0.25, 0.3) is 0 Å². The minimum Gasteiger partial charge on any atom is -0.493 e. The minimum absolute atomic E-state index is 0.0623. The van der Waals surface area contributed by atoms with Crippen LogP contribution in [0.1, 0.15) is 28.1 Å². The van der Waals surface area contributed by atoms with Crippen molar-refractivity contribution in [1.82, 2.24) is 4.98 Å². The predicted molar refractivity (Wildman–Crippen MR) is 79.8 cm³/mol. The Morgan fingerprint density at radius 1 is 1.20 bits per heavy atom. The van der Waals surface area contributed by atoms with Crippen LogP contribution in [0.15, 0.2) is 18.2 Å². The van der Waals surface area contributed by atoms with Crippen molar-refractivity contribution < 1.29 is 14.6 Å². The molecule has 0 atom stereocenters. The molecule has 4 nitrogen and oxygen atoms in total. The number of nitrogens with zero attached hydrogens (tertiary/aromatic N) is 1. The number of hydrogen-bond acceptors (Lipinski definition) is 5. The molecular formula is C15H19NO3S. The molecule has 0 saturated carbocycles. The summed E-state index contributed by atoms with van der Waals surface area (Å²) < 4.78 is 10.5. The molecule has 0 aliphatic heterocycles. The predicted octanol–water partition coefficient (Wildman–Crippen LogP) is 2.81. The Morgan fingerprint density at radius 3 is 2.50 bits per heavy atom. The average Bonchev–Trinajstić information content (AvgIpc) is 2.89. The van der Waals surface area contributed by atoms with Gasteiger partial charge in [0.2, 0.25) is 0 Å². The largest absolute Gasteiger partial charge is 0.493 e. The number of methoxy groups -OCH3 is 2. The normalized spacial score (nSPS) is 10.6. The van der Waals surface area contributed by atoms with Crippen molar-refractivity contribution in [2.24, 2.45) is 0 Å². The Hall–Kier alpha value is -1.59. The topological polar surface area (TPSA) is 51.6 Å². The van der Waals surface area contributed by atoms with Crippen LogP contribution in [0.3, 0.4) is 0 Å². The molecule has 2 rings (SSSR count). The molecular weight excluding hydrogens is 274 g/mol. The van der Waals surface area contributed by atoms with Crippen molar-refractivity contribution in [2.75, 3.05) is 14.2 Å². The molecule has 0 spiro atoms. The zero-order valence-electron chi connectivity index (χ0n) is 12.0. The van der Waals surface area contributed by atoms with Gasteiger partial charge in [0.05, 0.1) is 36.4 Å². The first-order valence-corrected chi connectivity index (χ1v) is 7.32. The molecule has 20 heavy (non-hydrogen) atoms. The maximum absolute atomic E-state index is 9.31. The van der Waals surface area contributed by atoms with E-state index >= 15 is 0 Å². The fourth-order valence-corrected chi connectivity index (χ4v) is 3.13. The Balaban J connectivity index is 2.23. The highest BCUT2D eigenvalue weighted by atomic mass is 32.1. The van der Waals surface area contributed by atoms with Crippen LogP contribution < -0.4 is 9.47 Å². The SMILES string of the molecule is CCc1nc(Cc2ccc(OC)c(OC)c2)sc1CO. The van der Waals surface area contributed by atoms with Crippen LogP contribution in [0.2, 0.25) is 0 Å². The van der Waals surface area contributed by atoms with Gasteiger partial charge in [-0.1, -0.05) is 13.0 Å². The maximum atomic E-state index is 9.31. The Bertz CT molecular complexity index is 559. The summed E-state index contributed by atoms with van der Waals surface area (Å²) in [6.45, 7) is 2.11. The van der Waals surface area contributed by atoms with E-state index in [0.717, 1.165) is 45.5 Å². The first kappa shape index (κ1) is 14.8. The molecule has 0 radical (unpaired) electrons. The van der Waals surface area contributed by atoms with Gasteiger partial charge in [-0.25, -0.2) is 4.98 Å². The highest BCUT2D eigenvalue weighted by Crippen LogP contribution is 2.29. The molecule has 0 saturated heterocycles. The van der Waals surface area contributed by atoms with Crippen LogP contribution in [-0.4, -0.2) is 24.3 Å². The number of hydrogen-bond donors (Lipinski definition) is 1. The lowest BCUT2D eigenvalue weighted by atomic mass is 10.1. The molecule has 1 aromatic heterocycles. The van der Waals surface area contributed by atoms with Gasteiger partial charge >= 0.3 is 0 Å². The van der Waals surface area contributed by atoms with E-state index < -0.39 is 0 Å². The number of aromatic nitrogens is 1. The third kappa shape index (κ3) is 3.11. The molecule has 0 aliphatic rings. The fraction of sp³-hybridized carbons (Fsp3) is 0.400. The number of benzene rings is 1. The number of aryl methyl sites for hydroxylation is 1. The molecule has 0 unspecified atom stereocenters. The smallest absolute Gasteiger partial charge is 0.160 e. The summed E-state index contributed by atoms with van der Waals surface area (Å²) in [5, 5.41) is 10.3. The highest BCUT2D eigenvalue weighted by Gasteiger charge is 2.11. The number of rotatable bonds is 6. The third-order valence-electron chi connectivity index (χ3n) is 3.10. The van der Waals surface area contributed by atoms with Crippen molar-refractivity contribution in [3.05, 3.63) is 39.3 Å². The van der Waals surface area contributed by atoms with E-state index in [1.54, 1.807) is 25.6 Å². The molecule has 108 valence electrons. The molecule has 1 N–H and O–H groups in total. The van der Waals surface area contributed by atoms with E-state index in [0.29, 0.717) is 0 Å². The Morgan fingerprint density at radius 2 is 1.95 bits per heavy atom. The van der Waals surface area contributed by atoms with Gasteiger partial charge in [0.15, 0.2) is 11.5 Å². The van der Waals surface area contributed by atoms with E-state index in [-0.39, 0.29) is 6.61 Å². The van der Waals surface area contributed by atoms with Crippen molar-refractivity contribution in [3.8, 4) is 11.5 Å². The molecule has 0 bridgehead atoms. The molecule has 1 heterocycles. The number of thiazole rings is 1. The van der Waals surface area contributed by atoms with Crippen LogP contribution in [0, 0.1) is 0 Å². The van der Waals surface area contributed by atoms with Crippen molar-refractivity contribution in [3.63, 3.8) is 0 Å². The zero-order valence-corrected chi connectivity index (χ0v) is 12.8. The highest BCUT2D eigenvalue weighted by molar-refractivity contribution is 7.11. The van der Waals surface area contributed by atoms with E-state index in [9.17, 15) is 5.11 Å². The van der Waals surface area contributed by atoms with Gasteiger partial charge < -0.3 is 14.6 Å². The lowest BCUT2D eigenvalue weighted by Gasteiger charge is -2.08. The lowest BCUT2D eigenvalue weighted by Crippen LogP contribution is -1.94. The van der Waals surface area contributed by atoms with Gasteiger partial charge in [-0.05, 0) is 24.1 Å². The van der Waals surface area contributed by atoms with Crippen molar-refractivity contribution >= 4 is 11.3 Å². The van der Waals surface area contributed by atoms with Crippen LogP contribution in [0.5, 0.6) is 11.5 Å². The summed E-state index contributed by atoms with van der Waals surface area (Å²) in [7, 11) is 3.25. The Kier molecular flexibility index (Phi) is 4.98. The Labute approximate surface area is 123 Å². The van der Waals surface area contributed by atoms with Gasteiger partial charge in [0.25, 0.3) is 0 Å². The van der Waals surface area contributed by atoms with Gasteiger partial charge in [-0.2, -0.15) is 0 Å². The zero-order chi connectivity index (χ0) is 14.5. The van der Waals surface area contributed by atoms with E-state index in [1.807, 2.05) is 18.2 Å². The van der Waals surface area contributed by atoms with Gasteiger partial charge in [-0.15, -0.1) is 11.3 Å². The molecule has 1 aromatic carbocycles. The lowest BCUT2D eigenvalue weighted by molar-refractivity contribution is 0.284. The fourth-order valence-electron chi connectivity index (χ4n) is 2.08. The molecule has 0 amide bonds. The second kappa shape index (κ2) is 6.72. The number of ether oxygens (including phenoxy) is 2. The van der Waals surface area contributed by atoms with Crippen molar-refractivity contribution in [1.29, 1.82) is 0 Å². The molecule has 0 aliphatic carbocycles. The summed E-state index contributed by atoms with van der Waals surface area (Å²) in [6.07, 6.45) is 1.58. The summed E-state index contributed by atoms with van der Waals surface area (Å²) in [5.41, 5.74) is 2.11. The summed E-state index contributed by atoms with van der Waals surface area (Å²) in [5.74, 6) is 1.44. The molecule has 2 aromatic rings. The van der Waals surface area contributed by atoms with Crippen LogP contribution >= 0.6 is 11.3 Å². The van der Waals surface area contributed by atoms with E-state index in [1.165, 1.54) is 0 Å². The molecule has 0 fully saturated rings. The van der Waals surface area contributed by atoms with Crippen LogP contribution in [-0.2, 0) is 19.4 Å². The summed E-state index contributed by atoms with van der Waals surface area (Å²) in [4.78, 5) is 5.54. The summed E-state index contributed by atoms with van der Waals surface area (Å²) in [6, 6.07) is 5.87. The van der Waals surface area contributed by atoms with E-state index in [4.69, 9.17) is 9.47 Å². The standard InChI is InChI=1S/C15H19NO3S/c1-4-11-14(9-17)20-15(16-11)8-10-5-6-12(18-2)13(7-10)19-3/h5-7,17H,4,8-9H2,1-3H3. The summed E-state index contributed by atoms with van der Waals surface area (Å²) >= 11 is 1.57. The first-order chi connectivity index (χ1) is 9.71. The second-order valence-corrected chi connectivity index (χ2v) is 5.52. The van der Waals surface area contributed by atoms with E-state index in [2.05, 4.69) is 11.9 Å². The van der Waals surface area contributed by atoms with Gasteiger partial charge in [-0.3, -0.25) is 0 Å². The number of aliphatic hydroxyl groups excluding tert-OH is 1. The minimum atomic E-state index is 0.0623. The monoisotopic (exact) mass is 293 g/mol. The third-order valence-corrected chi connectivity index (χ3v) is 4.19. The second-order valence-electron chi connectivity index (χ2n) is 4.36. The van der Waals surface area contributed by atoms with Crippen molar-refractivity contribution in [2.45, 2.75) is 26.4 Å². The quantitative estimate of drug-likeness (QED) is 0.890. The molecule has 5 heteroatoms. The maximum Gasteiger partial charge on any atom is 0.160 e. The first-order valence-electron chi connectivity index (χ1n) is 6.51. The van der Waals surface area contributed by atoms with Gasteiger partial charge in [0.1, 0.15) is 0 Å². The number of aliphatic hydroxyl groups is 1. The van der Waals surface area contributed by atoms with Crippen LogP contribution in [0.4, 0.5) is 0 Å².